The number of aromatic amines is 1. The monoisotopic (exact) mass is 331 g/mol. The summed E-state index contributed by atoms with van der Waals surface area (Å²) in [7, 11) is 0. The number of carbonyl (C=O) groups excluding carboxylic acids is 1. The third-order valence-corrected chi connectivity index (χ3v) is 4.61. The van der Waals surface area contributed by atoms with Crippen molar-refractivity contribution in [2.24, 2.45) is 0 Å². The van der Waals surface area contributed by atoms with Crippen molar-refractivity contribution in [3.05, 3.63) is 29.4 Å². The Labute approximate surface area is 139 Å². The molecule has 0 unspecified atom stereocenters. The van der Waals surface area contributed by atoms with E-state index in [1.54, 1.807) is 13.3 Å². The molecule has 1 saturated heterocycles. The minimum absolute atomic E-state index is 0.109. The predicted octanol–water partition coefficient (Wildman–Crippen LogP) is -0.368. The van der Waals surface area contributed by atoms with Gasteiger partial charge >= 0.3 is 0 Å². The summed E-state index contributed by atoms with van der Waals surface area (Å²) >= 11 is 0. The molecule has 2 aliphatic heterocycles. The molecule has 0 aliphatic carbocycles. The normalized spacial score (nSPS) is 21.7. The van der Waals surface area contributed by atoms with Crippen LogP contribution in [0.3, 0.4) is 0 Å². The Kier molecular flexibility index (Phi) is 4.03. The number of hydrogen-bond acceptors (Lipinski definition) is 7. The zero-order chi connectivity index (χ0) is 16.5. The first-order valence-corrected chi connectivity index (χ1v) is 8.26. The van der Waals surface area contributed by atoms with E-state index in [-0.39, 0.29) is 11.9 Å². The van der Waals surface area contributed by atoms with Gasteiger partial charge in [-0.3, -0.25) is 9.69 Å². The van der Waals surface area contributed by atoms with Crippen molar-refractivity contribution in [2.75, 3.05) is 32.7 Å². The summed E-state index contributed by atoms with van der Waals surface area (Å²) in [5, 5.41) is 7.22. The van der Waals surface area contributed by atoms with Crippen molar-refractivity contribution in [3.8, 4) is 0 Å². The first-order valence-electron chi connectivity index (χ1n) is 8.26. The van der Waals surface area contributed by atoms with E-state index in [2.05, 4.69) is 30.3 Å². The molecule has 9 nitrogen and oxygen atoms in total. The fourth-order valence-electron chi connectivity index (χ4n) is 3.34. The van der Waals surface area contributed by atoms with Crippen LogP contribution in [0.4, 0.5) is 0 Å². The fourth-order valence-corrected chi connectivity index (χ4v) is 3.34. The molecule has 0 spiro atoms. The maximum absolute atomic E-state index is 12.8. The zero-order valence-corrected chi connectivity index (χ0v) is 13.7. The molecule has 2 N–H and O–H groups in total. The number of nitrogens with zero attached hydrogens (tertiary/aromatic N) is 5. The highest BCUT2D eigenvalue weighted by Gasteiger charge is 2.33. The smallest absolute Gasteiger partial charge is 0.246 e. The van der Waals surface area contributed by atoms with Crippen LogP contribution >= 0.6 is 0 Å². The van der Waals surface area contributed by atoms with Crippen LogP contribution in [0.5, 0.6) is 0 Å². The second-order valence-electron chi connectivity index (χ2n) is 6.23. The van der Waals surface area contributed by atoms with Gasteiger partial charge in [-0.05, 0) is 0 Å². The quantitative estimate of drug-likeness (QED) is 0.791. The highest BCUT2D eigenvalue weighted by Crippen LogP contribution is 2.22. The Morgan fingerprint density at radius 3 is 2.96 bits per heavy atom. The maximum Gasteiger partial charge on any atom is 0.246 e. The molecule has 2 aromatic rings. The Hall–Kier alpha value is -2.26. The van der Waals surface area contributed by atoms with Gasteiger partial charge in [0.2, 0.25) is 11.8 Å². The van der Waals surface area contributed by atoms with Gasteiger partial charge in [0.15, 0.2) is 5.82 Å². The lowest BCUT2D eigenvalue weighted by molar-refractivity contribution is -0.135. The average molecular weight is 331 g/mol. The molecule has 0 radical (unpaired) electrons. The molecule has 4 rings (SSSR count). The molecule has 1 fully saturated rings. The predicted molar refractivity (Wildman–Crippen MR) is 83.9 cm³/mol. The van der Waals surface area contributed by atoms with Crippen LogP contribution in [0.15, 0.2) is 10.9 Å². The SMILES string of the molecule is Cc1nc(CN2CCN(C(=O)[C@@H]3NCCc4[nH]cnc43)CC2)no1. The first kappa shape index (κ1) is 15.3. The Morgan fingerprint density at radius 1 is 1.38 bits per heavy atom. The van der Waals surface area contributed by atoms with Gasteiger partial charge in [-0.2, -0.15) is 4.98 Å². The molecule has 9 heteroatoms. The first-order chi connectivity index (χ1) is 11.7. The molecule has 2 aliphatic rings. The van der Waals surface area contributed by atoms with Crippen molar-refractivity contribution < 1.29 is 9.32 Å². The second-order valence-corrected chi connectivity index (χ2v) is 6.23. The molecule has 128 valence electrons. The molecular weight excluding hydrogens is 310 g/mol. The largest absolute Gasteiger partial charge is 0.348 e. The van der Waals surface area contributed by atoms with Crippen molar-refractivity contribution in [1.29, 1.82) is 0 Å². The Morgan fingerprint density at radius 2 is 2.21 bits per heavy atom. The van der Waals surface area contributed by atoms with Crippen molar-refractivity contribution in [3.63, 3.8) is 0 Å². The molecule has 4 heterocycles. The molecule has 2 aromatic heterocycles. The zero-order valence-electron chi connectivity index (χ0n) is 13.7. The van der Waals surface area contributed by atoms with E-state index >= 15 is 0 Å². The minimum Gasteiger partial charge on any atom is -0.348 e. The number of carbonyl (C=O) groups is 1. The molecule has 0 saturated carbocycles. The van der Waals surface area contributed by atoms with Crippen LogP contribution in [0, 0.1) is 6.92 Å². The number of imidazole rings is 1. The number of hydrogen-bond donors (Lipinski definition) is 2. The Bertz CT molecular complexity index is 717. The van der Waals surface area contributed by atoms with E-state index in [4.69, 9.17) is 4.52 Å². The van der Waals surface area contributed by atoms with Crippen molar-refractivity contribution >= 4 is 5.91 Å². The van der Waals surface area contributed by atoms with Gasteiger partial charge in [-0.15, -0.1) is 0 Å². The lowest BCUT2D eigenvalue weighted by Crippen LogP contribution is -2.52. The molecule has 1 atom stereocenters. The van der Waals surface area contributed by atoms with Gasteiger partial charge in [-0.25, -0.2) is 4.98 Å². The number of amides is 1. The molecule has 24 heavy (non-hydrogen) atoms. The minimum atomic E-state index is -0.327. The number of nitrogens with one attached hydrogen (secondary N) is 2. The van der Waals surface area contributed by atoms with E-state index in [1.807, 2.05) is 4.90 Å². The summed E-state index contributed by atoms with van der Waals surface area (Å²) in [6.45, 7) is 6.25. The number of aryl methyl sites for hydroxylation is 1. The van der Waals surface area contributed by atoms with E-state index in [0.717, 1.165) is 37.4 Å². The van der Waals surface area contributed by atoms with E-state index in [9.17, 15) is 4.79 Å². The molecule has 0 aromatic carbocycles. The van der Waals surface area contributed by atoms with Crippen LogP contribution in [-0.2, 0) is 17.8 Å². The van der Waals surface area contributed by atoms with E-state index < -0.39 is 0 Å². The summed E-state index contributed by atoms with van der Waals surface area (Å²) in [6, 6.07) is -0.327. The third-order valence-electron chi connectivity index (χ3n) is 4.61. The molecule has 1 amide bonds. The van der Waals surface area contributed by atoms with Gasteiger partial charge in [0.25, 0.3) is 0 Å². The lowest BCUT2D eigenvalue weighted by Gasteiger charge is -2.36. The van der Waals surface area contributed by atoms with Crippen LogP contribution in [0.1, 0.15) is 29.1 Å². The van der Waals surface area contributed by atoms with Crippen LogP contribution in [0.2, 0.25) is 0 Å². The molecular formula is C15H21N7O2. The summed E-state index contributed by atoms with van der Waals surface area (Å²) in [5.74, 6) is 1.39. The number of H-pyrrole nitrogens is 1. The van der Waals surface area contributed by atoms with Crippen LogP contribution < -0.4 is 5.32 Å². The van der Waals surface area contributed by atoms with E-state index in [0.29, 0.717) is 31.3 Å². The number of rotatable bonds is 3. The van der Waals surface area contributed by atoms with Gasteiger partial charge in [0, 0.05) is 51.8 Å². The summed E-state index contributed by atoms with van der Waals surface area (Å²) in [5.41, 5.74) is 1.91. The van der Waals surface area contributed by atoms with Gasteiger partial charge in [-0.1, -0.05) is 5.16 Å². The second kappa shape index (κ2) is 6.33. The standard InChI is InChI=1S/C15H21N7O2/c1-10-19-12(20-24-10)8-21-4-6-22(7-5-21)15(23)14-13-11(2-3-16-14)17-9-18-13/h9,14,16H,2-8H2,1H3,(H,17,18)/t14-/m1/s1. The van der Waals surface area contributed by atoms with Crippen molar-refractivity contribution in [1.82, 2.24) is 35.2 Å². The molecule has 0 bridgehead atoms. The summed E-state index contributed by atoms with van der Waals surface area (Å²) in [4.78, 5) is 28.7. The highest BCUT2D eigenvalue weighted by atomic mass is 16.5. The summed E-state index contributed by atoms with van der Waals surface area (Å²) < 4.78 is 5.00. The Balaban J connectivity index is 1.35. The van der Waals surface area contributed by atoms with Gasteiger partial charge in [0.05, 0.1) is 18.6 Å². The van der Waals surface area contributed by atoms with Crippen molar-refractivity contribution in [2.45, 2.75) is 25.9 Å². The third kappa shape index (κ3) is 2.92. The number of piperazine rings is 1. The van der Waals surface area contributed by atoms with Crippen LogP contribution in [-0.4, -0.2) is 68.5 Å². The van der Waals surface area contributed by atoms with E-state index in [1.165, 1.54) is 0 Å². The van der Waals surface area contributed by atoms with Crippen LogP contribution in [0.25, 0.3) is 0 Å². The number of aromatic nitrogens is 4. The summed E-state index contributed by atoms with van der Waals surface area (Å²) in [6.07, 6.45) is 2.56. The van der Waals surface area contributed by atoms with Gasteiger partial charge in [0.1, 0.15) is 6.04 Å². The number of fused-ring (bicyclic) bond motifs is 1. The van der Waals surface area contributed by atoms with Gasteiger partial charge < -0.3 is 19.7 Å². The lowest BCUT2D eigenvalue weighted by atomic mass is 10.0. The fraction of sp³-hybridized carbons (Fsp3) is 0.600. The average Bonchev–Trinajstić information content (AvgIpc) is 3.23. The maximum atomic E-state index is 12.8. The highest BCUT2D eigenvalue weighted by molar-refractivity contribution is 5.83. The topological polar surface area (TPSA) is 103 Å².